The average molecular weight is 768 g/mol. The van der Waals surface area contributed by atoms with Crippen LogP contribution in [0.5, 0.6) is 28.7 Å². The van der Waals surface area contributed by atoms with Crippen LogP contribution in [0.2, 0.25) is 0 Å². The monoisotopic (exact) mass is 767 g/mol. The SMILES string of the molecule is Oc1ccc(C=Cc2c(CCc3ccc(CNC[C@@]4(C5=NCN=C5)[C@@H]5[C@H](O)C=C[C@H]6CCC[C@]56CCC45CCCC5)cc3)c(O)c(O)c3c(O)cccc23)cc1O. The third-order valence-electron chi connectivity index (χ3n) is 14.8. The highest BCUT2D eigenvalue weighted by molar-refractivity contribution is 6.34. The Morgan fingerprint density at radius 3 is 2.33 bits per heavy atom. The maximum Gasteiger partial charge on any atom is 0.169 e. The van der Waals surface area contributed by atoms with Gasteiger partial charge in [-0.1, -0.05) is 86.0 Å². The van der Waals surface area contributed by atoms with E-state index in [1.165, 1.54) is 76.0 Å². The lowest BCUT2D eigenvalue weighted by atomic mass is 9.39. The van der Waals surface area contributed by atoms with E-state index in [4.69, 9.17) is 4.99 Å². The van der Waals surface area contributed by atoms with Gasteiger partial charge in [0, 0.05) is 36.2 Å². The number of fused-ring (bicyclic) bond motifs is 1. The number of aliphatic imine (C=N–C) groups is 2. The van der Waals surface area contributed by atoms with E-state index in [0.29, 0.717) is 54.0 Å². The van der Waals surface area contributed by atoms with Gasteiger partial charge in [0.1, 0.15) is 12.4 Å². The molecule has 5 atom stereocenters. The second-order valence-electron chi connectivity index (χ2n) is 17.3. The zero-order valence-corrected chi connectivity index (χ0v) is 32.4. The topological polar surface area (TPSA) is 158 Å². The Balaban J connectivity index is 0.962. The van der Waals surface area contributed by atoms with Crippen molar-refractivity contribution in [2.24, 2.45) is 38.1 Å². The van der Waals surface area contributed by atoms with Gasteiger partial charge in [0.05, 0.1) is 17.2 Å². The summed E-state index contributed by atoms with van der Waals surface area (Å²) in [6.07, 6.45) is 21.3. The number of phenols is 5. The van der Waals surface area contributed by atoms with Crippen molar-refractivity contribution in [3.8, 4) is 28.7 Å². The van der Waals surface area contributed by atoms with Gasteiger partial charge in [-0.05, 0) is 114 Å². The minimum absolute atomic E-state index is 0.0929. The Labute approximate surface area is 333 Å². The number of phenolic OH excluding ortho intramolecular Hbond substituents is 5. The fraction of sp³-hybridized carbons (Fsp3) is 0.417. The Kier molecular flexibility index (Phi) is 9.64. The van der Waals surface area contributed by atoms with Crippen molar-refractivity contribution in [2.45, 2.75) is 83.3 Å². The van der Waals surface area contributed by atoms with Crippen LogP contribution < -0.4 is 5.32 Å². The minimum atomic E-state index is -0.498. The first-order chi connectivity index (χ1) is 27.7. The number of rotatable bonds is 10. The third kappa shape index (κ3) is 6.13. The third-order valence-corrected chi connectivity index (χ3v) is 14.8. The van der Waals surface area contributed by atoms with Gasteiger partial charge in [-0.25, -0.2) is 0 Å². The van der Waals surface area contributed by atoms with Gasteiger partial charge in [0.25, 0.3) is 0 Å². The van der Waals surface area contributed by atoms with Gasteiger partial charge >= 0.3 is 0 Å². The first kappa shape index (κ1) is 37.5. The zero-order valence-electron chi connectivity index (χ0n) is 32.4. The van der Waals surface area contributed by atoms with Crippen molar-refractivity contribution in [2.75, 3.05) is 13.2 Å². The number of hydrogen-bond acceptors (Lipinski definition) is 9. The molecule has 4 aromatic carbocycles. The molecular weight excluding hydrogens is 715 g/mol. The standard InChI is InChI=1S/C48H53N3O6/c52-37-18-14-31(25-40(37)55)13-16-34-35-6-3-7-38(53)42(35)44(57)43(56)36(34)17-12-30-8-10-32(11-9-30)26-49-28-48(41-27-50-29-51-41)45-39(54)19-15-33-5-4-22-47(33,45)24-23-46(48)20-1-2-21-46/h3,6-11,13-16,18-19,25,27,33,39,45,49,52-57H,1-2,4-5,12,17,20-24,26,28-29H2/t33-,39-,45-,47-,48-/m1/s1. The second kappa shape index (κ2) is 14.7. The number of nitrogens with zero attached hydrogens (tertiary/aromatic N) is 2. The summed E-state index contributed by atoms with van der Waals surface area (Å²) < 4.78 is 0. The second-order valence-corrected chi connectivity index (χ2v) is 17.3. The van der Waals surface area contributed by atoms with Crippen LogP contribution in [0.1, 0.15) is 85.6 Å². The Morgan fingerprint density at radius 2 is 1.56 bits per heavy atom. The van der Waals surface area contributed by atoms with Crippen molar-refractivity contribution >= 4 is 34.9 Å². The van der Waals surface area contributed by atoms with Gasteiger partial charge in [-0.15, -0.1) is 0 Å². The molecule has 4 aliphatic carbocycles. The number of nitrogens with one attached hydrogen (secondary N) is 1. The molecule has 0 saturated heterocycles. The molecule has 57 heavy (non-hydrogen) atoms. The number of hydrogen-bond donors (Lipinski definition) is 7. The van der Waals surface area contributed by atoms with Crippen molar-refractivity contribution in [1.82, 2.24) is 5.32 Å². The van der Waals surface area contributed by atoms with E-state index in [1.807, 2.05) is 6.21 Å². The van der Waals surface area contributed by atoms with Crippen LogP contribution in [-0.4, -0.2) is 61.9 Å². The van der Waals surface area contributed by atoms with E-state index in [9.17, 15) is 30.6 Å². The smallest absolute Gasteiger partial charge is 0.169 e. The van der Waals surface area contributed by atoms with Crippen molar-refractivity contribution in [3.63, 3.8) is 0 Å². The highest BCUT2D eigenvalue weighted by atomic mass is 16.3. The lowest BCUT2D eigenvalue weighted by Gasteiger charge is -2.65. The molecule has 3 saturated carbocycles. The van der Waals surface area contributed by atoms with Crippen LogP contribution in [0.15, 0.2) is 82.8 Å². The molecule has 0 aromatic heterocycles. The van der Waals surface area contributed by atoms with Crippen LogP contribution in [0.4, 0.5) is 0 Å². The van der Waals surface area contributed by atoms with Crippen LogP contribution >= 0.6 is 0 Å². The molecule has 9 nitrogen and oxygen atoms in total. The molecule has 7 N–H and O–H groups in total. The Morgan fingerprint density at radius 1 is 0.754 bits per heavy atom. The molecule has 5 aliphatic rings. The number of aliphatic hydroxyl groups is 1. The fourth-order valence-corrected chi connectivity index (χ4v) is 12.2. The van der Waals surface area contributed by atoms with Crippen LogP contribution in [0, 0.1) is 28.1 Å². The van der Waals surface area contributed by atoms with Gasteiger partial charge in [-0.3, -0.25) is 9.98 Å². The molecule has 3 fully saturated rings. The predicted octanol–water partition coefficient (Wildman–Crippen LogP) is 8.57. The fourth-order valence-electron chi connectivity index (χ4n) is 12.2. The van der Waals surface area contributed by atoms with E-state index in [2.05, 4.69) is 46.7 Å². The summed E-state index contributed by atoms with van der Waals surface area (Å²) in [5, 5.41) is 69.5. The van der Waals surface area contributed by atoms with E-state index in [0.717, 1.165) is 23.4 Å². The number of aryl methyl sites for hydroxylation is 1. The number of benzene rings is 4. The minimum Gasteiger partial charge on any atom is -0.507 e. The van der Waals surface area contributed by atoms with Crippen LogP contribution in [-0.2, 0) is 19.4 Å². The van der Waals surface area contributed by atoms with Gasteiger partial charge < -0.3 is 36.0 Å². The first-order valence-electron chi connectivity index (χ1n) is 20.7. The molecule has 0 unspecified atom stereocenters. The summed E-state index contributed by atoms with van der Waals surface area (Å²) in [5.74, 6) is -0.625. The largest absolute Gasteiger partial charge is 0.507 e. The Hall–Kier alpha value is -5.12. The summed E-state index contributed by atoms with van der Waals surface area (Å²) in [7, 11) is 0. The normalized spacial score (nSPS) is 27.4. The summed E-state index contributed by atoms with van der Waals surface area (Å²) >= 11 is 0. The molecular formula is C48H53N3O6. The highest BCUT2D eigenvalue weighted by Crippen LogP contribution is 2.72. The van der Waals surface area contributed by atoms with Gasteiger partial charge in [-0.2, -0.15) is 0 Å². The molecule has 9 heteroatoms. The molecule has 2 spiro atoms. The van der Waals surface area contributed by atoms with Gasteiger partial charge in [0.15, 0.2) is 23.0 Å². The molecule has 296 valence electrons. The predicted molar refractivity (Wildman–Crippen MR) is 225 cm³/mol. The van der Waals surface area contributed by atoms with E-state index >= 15 is 0 Å². The summed E-state index contributed by atoms with van der Waals surface area (Å²) in [4.78, 5) is 9.74. The summed E-state index contributed by atoms with van der Waals surface area (Å²) in [6.45, 7) is 1.91. The van der Waals surface area contributed by atoms with Gasteiger partial charge in [0.2, 0.25) is 0 Å². The maximum atomic E-state index is 12.0. The summed E-state index contributed by atoms with van der Waals surface area (Å²) in [5.41, 5.74) is 5.04. The molecule has 1 heterocycles. The van der Waals surface area contributed by atoms with E-state index < -0.39 is 6.10 Å². The molecule has 0 radical (unpaired) electrons. The molecule has 0 amide bonds. The van der Waals surface area contributed by atoms with Crippen molar-refractivity contribution in [1.29, 1.82) is 0 Å². The molecule has 9 rings (SSSR count). The lowest BCUT2D eigenvalue weighted by molar-refractivity contribution is -0.142. The van der Waals surface area contributed by atoms with E-state index in [1.54, 1.807) is 30.4 Å². The molecule has 4 aromatic rings. The first-order valence-corrected chi connectivity index (χ1v) is 20.7. The number of aromatic hydroxyl groups is 5. The Bertz CT molecular complexity index is 2310. The molecule has 1 aliphatic heterocycles. The van der Waals surface area contributed by atoms with Crippen molar-refractivity contribution < 1.29 is 30.6 Å². The number of aliphatic hydroxyl groups excluding tert-OH is 1. The van der Waals surface area contributed by atoms with E-state index in [-0.39, 0.29) is 56.3 Å². The highest BCUT2D eigenvalue weighted by Gasteiger charge is 2.70. The van der Waals surface area contributed by atoms with Crippen LogP contribution in [0.25, 0.3) is 22.9 Å². The van der Waals surface area contributed by atoms with Crippen LogP contribution in [0.3, 0.4) is 0 Å². The quantitative estimate of drug-likeness (QED) is 0.0484. The van der Waals surface area contributed by atoms with Crippen molar-refractivity contribution in [3.05, 3.63) is 101 Å². The lowest BCUT2D eigenvalue weighted by Crippen LogP contribution is -2.67. The summed E-state index contributed by atoms with van der Waals surface area (Å²) in [6, 6.07) is 18.0. The maximum absolute atomic E-state index is 12.0. The number of allylic oxidation sites excluding steroid dienone is 1. The molecule has 0 bridgehead atoms. The zero-order chi connectivity index (χ0) is 39.4. The average Bonchev–Trinajstić information content (AvgIpc) is 4.01.